The molecule has 0 heterocycles. The molecule has 0 rings (SSSR count). The lowest BCUT2D eigenvalue weighted by atomic mass is 10.3. The molecule has 0 aliphatic rings. The lowest BCUT2D eigenvalue weighted by molar-refractivity contribution is -0.170. The van der Waals surface area contributed by atoms with Gasteiger partial charge in [0.1, 0.15) is 0 Å². The molecule has 0 amide bonds. The highest BCUT2D eigenvalue weighted by Gasteiger charge is 2.13. The average molecular weight is 260 g/mol. The van der Waals surface area contributed by atoms with Crippen LogP contribution in [0.2, 0.25) is 0 Å². The first-order valence-electron chi connectivity index (χ1n) is 6.16. The first-order chi connectivity index (χ1) is 8.61. The van der Waals surface area contributed by atoms with Crippen LogP contribution in [0.15, 0.2) is 12.2 Å². The lowest BCUT2D eigenvalue weighted by Crippen LogP contribution is -2.21. The van der Waals surface area contributed by atoms with Crippen molar-refractivity contribution in [2.24, 2.45) is 0 Å². The summed E-state index contributed by atoms with van der Waals surface area (Å²) in [5.74, 6) is -0.431. The summed E-state index contributed by atoms with van der Waals surface area (Å²) >= 11 is 0. The zero-order valence-corrected chi connectivity index (χ0v) is 11.6. The number of hydrogen-bond donors (Lipinski definition) is 0. The third kappa shape index (κ3) is 9.15. The van der Waals surface area contributed by atoms with Crippen molar-refractivity contribution >= 4 is 5.97 Å². The van der Waals surface area contributed by atoms with Crippen LogP contribution in [0.4, 0.5) is 0 Å². The van der Waals surface area contributed by atoms with Gasteiger partial charge in [-0.05, 0) is 20.3 Å². The molecule has 0 aromatic carbocycles. The molecule has 0 N–H and O–H groups in total. The Hall–Kier alpha value is -0.910. The second-order valence-corrected chi connectivity index (χ2v) is 3.80. The number of rotatable bonds is 11. The summed E-state index contributed by atoms with van der Waals surface area (Å²) in [7, 11) is 1.51. The van der Waals surface area contributed by atoms with Gasteiger partial charge >= 0.3 is 5.97 Å². The van der Waals surface area contributed by atoms with Crippen LogP contribution in [0.5, 0.6) is 0 Å². The molecule has 0 aliphatic heterocycles. The minimum Gasteiger partial charge on any atom is -0.432 e. The molecule has 0 aromatic heterocycles. The number of hydrogen-bond acceptors (Lipinski definition) is 5. The molecule has 5 nitrogen and oxygen atoms in total. The molecule has 18 heavy (non-hydrogen) atoms. The third-order valence-corrected chi connectivity index (χ3v) is 2.15. The zero-order chi connectivity index (χ0) is 13.8. The van der Waals surface area contributed by atoms with Crippen molar-refractivity contribution in [2.75, 3.05) is 33.5 Å². The van der Waals surface area contributed by atoms with Crippen molar-refractivity contribution in [1.82, 2.24) is 0 Å². The van der Waals surface area contributed by atoms with E-state index < -0.39 is 12.3 Å². The van der Waals surface area contributed by atoms with Gasteiger partial charge < -0.3 is 18.9 Å². The van der Waals surface area contributed by atoms with Crippen molar-refractivity contribution < 1.29 is 23.7 Å². The van der Waals surface area contributed by atoms with Gasteiger partial charge in [-0.3, -0.25) is 0 Å². The summed E-state index contributed by atoms with van der Waals surface area (Å²) in [6, 6.07) is 0. The standard InChI is InChI=1S/C13H24O5/c1-5-16-9-10-17-8-6-7-12(15-4)18-13(14)11(2)3/h12H,2,5-10H2,1,3-4H3. The van der Waals surface area contributed by atoms with Crippen molar-refractivity contribution in [2.45, 2.75) is 33.0 Å². The Morgan fingerprint density at radius 2 is 1.89 bits per heavy atom. The van der Waals surface area contributed by atoms with E-state index in [1.807, 2.05) is 6.92 Å². The van der Waals surface area contributed by atoms with E-state index in [1.54, 1.807) is 6.92 Å². The summed E-state index contributed by atoms with van der Waals surface area (Å²) in [6.45, 7) is 9.54. The van der Waals surface area contributed by atoms with Gasteiger partial charge in [0, 0.05) is 32.3 Å². The smallest absolute Gasteiger partial charge is 0.335 e. The first-order valence-corrected chi connectivity index (χ1v) is 6.16. The van der Waals surface area contributed by atoms with Gasteiger partial charge in [-0.1, -0.05) is 6.58 Å². The van der Waals surface area contributed by atoms with E-state index in [9.17, 15) is 4.79 Å². The summed E-state index contributed by atoms with van der Waals surface area (Å²) in [5, 5.41) is 0. The molecule has 106 valence electrons. The zero-order valence-electron chi connectivity index (χ0n) is 11.6. The topological polar surface area (TPSA) is 54.0 Å². The third-order valence-electron chi connectivity index (χ3n) is 2.15. The van der Waals surface area contributed by atoms with Crippen LogP contribution >= 0.6 is 0 Å². The first kappa shape index (κ1) is 17.1. The van der Waals surface area contributed by atoms with Crippen LogP contribution in [0.1, 0.15) is 26.7 Å². The highest BCUT2D eigenvalue weighted by molar-refractivity contribution is 5.86. The Balaban J connectivity index is 3.56. The minimum atomic E-state index is -0.537. The predicted molar refractivity (Wildman–Crippen MR) is 68.2 cm³/mol. The van der Waals surface area contributed by atoms with Crippen molar-refractivity contribution in [1.29, 1.82) is 0 Å². The Kier molecular flexibility index (Phi) is 10.6. The molecule has 0 saturated carbocycles. The van der Waals surface area contributed by atoms with Crippen molar-refractivity contribution in [3.05, 3.63) is 12.2 Å². The molecular weight excluding hydrogens is 236 g/mol. The Morgan fingerprint density at radius 1 is 1.22 bits per heavy atom. The molecule has 0 aromatic rings. The fourth-order valence-electron chi connectivity index (χ4n) is 1.16. The summed E-state index contributed by atoms with van der Waals surface area (Å²) in [5.41, 5.74) is 0.366. The van der Waals surface area contributed by atoms with Crippen LogP contribution in [0.25, 0.3) is 0 Å². The van der Waals surface area contributed by atoms with Gasteiger partial charge in [0.15, 0.2) is 0 Å². The maximum absolute atomic E-state index is 11.3. The van der Waals surface area contributed by atoms with Crippen LogP contribution in [-0.2, 0) is 23.7 Å². The number of esters is 1. The fraction of sp³-hybridized carbons (Fsp3) is 0.769. The van der Waals surface area contributed by atoms with Gasteiger partial charge in [0.05, 0.1) is 13.2 Å². The summed E-state index contributed by atoms with van der Waals surface area (Å²) in [4.78, 5) is 11.3. The van der Waals surface area contributed by atoms with Crippen LogP contribution < -0.4 is 0 Å². The maximum atomic E-state index is 11.3. The SMILES string of the molecule is C=C(C)C(=O)OC(CCCOCCOCC)OC. The molecule has 0 saturated heterocycles. The maximum Gasteiger partial charge on any atom is 0.335 e. The van der Waals surface area contributed by atoms with Gasteiger partial charge in [0.2, 0.25) is 6.29 Å². The molecule has 0 fully saturated rings. The Bertz CT molecular complexity index is 240. The van der Waals surface area contributed by atoms with Crippen LogP contribution in [0.3, 0.4) is 0 Å². The number of methoxy groups -OCH3 is 1. The second-order valence-electron chi connectivity index (χ2n) is 3.80. The van der Waals surface area contributed by atoms with Crippen LogP contribution in [0, 0.1) is 0 Å². The van der Waals surface area contributed by atoms with Gasteiger partial charge in [-0.15, -0.1) is 0 Å². The molecule has 1 unspecified atom stereocenters. The number of carbonyl (C=O) groups is 1. The number of ether oxygens (including phenoxy) is 4. The predicted octanol–water partition coefficient (Wildman–Crippen LogP) is 1.91. The molecule has 0 radical (unpaired) electrons. The quantitative estimate of drug-likeness (QED) is 0.246. The van der Waals surface area contributed by atoms with E-state index in [0.29, 0.717) is 38.4 Å². The molecule has 1 atom stereocenters. The van der Waals surface area contributed by atoms with Gasteiger partial charge in [0.25, 0.3) is 0 Å². The van der Waals surface area contributed by atoms with E-state index in [1.165, 1.54) is 7.11 Å². The highest BCUT2D eigenvalue weighted by atomic mass is 16.7. The largest absolute Gasteiger partial charge is 0.432 e. The van der Waals surface area contributed by atoms with E-state index in [2.05, 4.69) is 6.58 Å². The van der Waals surface area contributed by atoms with E-state index in [4.69, 9.17) is 18.9 Å². The summed E-state index contributed by atoms with van der Waals surface area (Å²) < 4.78 is 20.6. The molecule has 0 spiro atoms. The van der Waals surface area contributed by atoms with Gasteiger partial charge in [-0.25, -0.2) is 4.79 Å². The van der Waals surface area contributed by atoms with Crippen molar-refractivity contribution in [3.63, 3.8) is 0 Å². The normalized spacial score (nSPS) is 12.2. The minimum absolute atomic E-state index is 0.366. The molecular formula is C13H24O5. The van der Waals surface area contributed by atoms with E-state index >= 15 is 0 Å². The van der Waals surface area contributed by atoms with E-state index in [-0.39, 0.29) is 0 Å². The monoisotopic (exact) mass is 260 g/mol. The Morgan fingerprint density at radius 3 is 2.44 bits per heavy atom. The Labute approximate surface area is 109 Å². The molecule has 0 aliphatic carbocycles. The fourth-order valence-corrected chi connectivity index (χ4v) is 1.16. The molecule has 0 bridgehead atoms. The second kappa shape index (κ2) is 11.2. The van der Waals surface area contributed by atoms with Crippen LogP contribution in [-0.4, -0.2) is 45.8 Å². The molecule has 5 heteroatoms. The summed E-state index contributed by atoms with van der Waals surface area (Å²) in [6.07, 6.45) is 0.822. The highest BCUT2D eigenvalue weighted by Crippen LogP contribution is 2.06. The van der Waals surface area contributed by atoms with Gasteiger partial charge in [-0.2, -0.15) is 0 Å². The van der Waals surface area contributed by atoms with E-state index in [0.717, 1.165) is 6.42 Å². The van der Waals surface area contributed by atoms with Crippen molar-refractivity contribution in [3.8, 4) is 0 Å². The number of carbonyl (C=O) groups excluding carboxylic acids is 1. The average Bonchev–Trinajstić information content (AvgIpc) is 2.35. The lowest BCUT2D eigenvalue weighted by Gasteiger charge is -2.16.